The van der Waals surface area contributed by atoms with Crippen LogP contribution in [0.5, 0.6) is 0 Å². The first kappa shape index (κ1) is 13.6. The number of hydrogen-bond donors (Lipinski definition) is 1. The van der Waals surface area contributed by atoms with Crippen LogP contribution in [0, 0.1) is 0 Å². The molecular weight excluding hydrogens is 220 g/mol. The first-order valence-electron chi connectivity index (χ1n) is 7.22. The van der Waals surface area contributed by atoms with Crippen LogP contribution in [0.2, 0.25) is 0 Å². The molecule has 1 aromatic carbocycles. The Balaban J connectivity index is 1.88. The topological polar surface area (TPSA) is 15.3 Å². The fraction of sp³-hybridized carbons (Fsp3) is 0.625. The molecule has 18 heavy (non-hydrogen) atoms. The Labute approximate surface area is 111 Å². The predicted molar refractivity (Wildman–Crippen MR) is 77.9 cm³/mol. The summed E-state index contributed by atoms with van der Waals surface area (Å²) in [4.78, 5) is 2.42. The molecule has 0 amide bonds. The van der Waals surface area contributed by atoms with E-state index < -0.39 is 0 Å². The molecule has 0 saturated carbocycles. The average Bonchev–Trinajstić information content (AvgIpc) is 2.41. The third-order valence-corrected chi connectivity index (χ3v) is 4.09. The Bertz CT molecular complexity index is 350. The van der Waals surface area contributed by atoms with E-state index in [4.69, 9.17) is 0 Å². The quantitative estimate of drug-likeness (QED) is 0.878. The third-order valence-electron chi connectivity index (χ3n) is 4.09. The Kier molecular flexibility index (Phi) is 4.79. The Hall–Kier alpha value is -0.860. The lowest BCUT2D eigenvalue weighted by Crippen LogP contribution is -2.41. The van der Waals surface area contributed by atoms with Gasteiger partial charge in [-0.2, -0.15) is 0 Å². The lowest BCUT2D eigenvalue weighted by molar-refractivity contribution is 0.226. The van der Waals surface area contributed by atoms with Crippen molar-refractivity contribution in [2.45, 2.75) is 45.2 Å². The van der Waals surface area contributed by atoms with Gasteiger partial charge in [0.2, 0.25) is 0 Å². The van der Waals surface area contributed by atoms with Gasteiger partial charge in [0, 0.05) is 12.1 Å². The smallest absolute Gasteiger partial charge is 0.0294 e. The number of rotatable bonds is 4. The second-order valence-corrected chi connectivity index (χ2v) is 5.56. The number of likely N-dealkylation sites (tertiary alicyclic amines) is 1. The van der Waals surface area contributed by atoms with Gasteiger partial charge < -0.3 is 10.2 Å². The number of benzene rings is 1. The maximum absolute atomic E-state index is 3.77. The van der Waals surface area contributed by atoms with E-state index in [0.717, 1.165) is 6.42 Å². The zero-order valence-corrected chi connectivity index (χ0v) is 11.9. The van der Waals surface area contributed by atoms with Crippen LogP contribution in [0.4, 0.5) is 0 Å². The third kappa shape index (κ3) is 3.56. The number of aryl methyl sites for hydroxylation is 1. The van der Waals surface area contributed by atoms with Gasteiger partial charge in [-0.25, -0.2) is 0 Å². The normalized spacial score (nSPS) is 19.9. The molecule has 0 unspecified atom stereocenters. The average molecular weight is 246 g/mol. The van der Waals surface area contributed by atoms with Crippen LogP contribution < -0.4 is 5.32 Å². The van der Waals surface area contributed by atoms with Crippen LogP contribution in [0.15, 0.2) is 24.3 Å². The van der Waals surface area contributed by atoms with Crippen molar-refractivity contribution in [2.75, 3.05) is 20.1 Å². The van der Waals surface area contributed by atoms with E-state index in [2.05, 4.69) is 55.4 Å². The molecule has 1 aliphatic rings. The van der Waals surface area contributed by atoms with Gasteiger partial charge in [-0.3, -0.25) is 0 Å². The molecule has 1 fully saturated rings. The van der Waals surface area contributed by atoms with Gasteiger partial charge in [0.25, 0.3) is 0 Å². The summed E-state index contributed by atoms with van der Waals surface area (Å²) in [5, 5.41) is 3.77. The zero-order valence-electron chi connectivity index (χ0n) is 11.9. The van der Waals surface area contributed by atoms with Crippen LogP contribution in [-0.4, -0.2) is 31.1 Å². The van der Waals surface area contributed by atoms with Gasteiger partial charge in [0.15, 0.2) is 0 Å². The monoisotopic (exact) mass is 246 g/mol. The van der Waals surface area contributed by atoms with Gasteiger partial charge in [-0.1, -0.05) is 31.2 Å². The molecule has 0 bridgehead atoms. The Morgan fingerprint density at radius 2 is 1.83 bits per heavy atom. The highest BCUT2D eigenvalue weighted by molar-refractivity contribution is 5.24. The van der Waals surface area contributed by atoms with Crippen LogP contribution in [-0.2, 0) is 6.42 Å². The highest BCUT2D eigenvalue weighted by Crippen LogP contribution is 2.17. The molecule has 0 aliphatic carbocycles. The zero-order chi connectivity index (χ0) is 13.0. The van der Waals surface area contributed by atoms with Gasteiger partial charge in [-0.05, 0) is 57.5 Å². The summed E-state index contributed by atoms with van der Waals surface area (Å²) in [6.07, 6.45) is 3.67. The van der Waals surface area contributed by atoms with E-state index in [1.807, 2.05) is 0 Å². The summed E-state index contributed by atoms with van der Waals surface area (Å²) < 4.78 is 0. The molecule has 2 rings (SSSR count). The van der Waals surface area contributed by atoms with Gasteiger partial charge in [0.1, 0.15) is 0 Å². The van der Waals surface area contributed by atoms with Crippen molar-refractivity contribution in [3.63, 3.8) is 0 Å². The van der Waals surface area contributed by atoms with Crippen molar-refractivity contribution < 1.29 is 0 Å². The molecule has 100 valence electrons. The van der Waals surface area contributed by atoms with Crippen molar-refractivity contribution in [3.8, 4) is 0 Å². The van der Waals surface area contributed by atoms with Crippen molar-refractivity contribution in [2.24, 2.45) is 0 Å². The predicted octanol–water partition coefficient (Wildman–Crippen LogP) is 2.99. The molecule has 1 aromatic rings. The van der Waals surface area contributed by atoms with E-state index >= 15 is 0 Å². The van der Waals surface area contributed by atoms with E-state index in [1.54, 1.807) is 0 Å². The molecule has 1 heterocycles. The molecule has 1 saturated heterocycles. The van der Waals surface area contributed by atoms with E-state index in [1.165, 1.54) is 37.1 Å². The fourth-order valence-electron chi connectivity index (χ4n) is 2.67. The van der Waals surface area contributed by atoms with E-state index in [0.29, 0.717) is 12.1 Å². The molecule has 1 N–H and O–H groups in total. The second-order valence-electron chi connectivity index (χ2n) is 5.56. The molecule has 2 heteroatoms. The maximum Gasteiger partial charge on any atom is 0.0294 e. The molecule has 2 nitrogen and oxygen atoms in total. The van der Waals surface area contributed by atoms with Crippen molar-refractivity contribution >= 4 is 0 Å². The van der Waals surface area contributed by atoms with Crippen LogP contribution in [0.1, 0.15) is 43.9 Å². The first-order valence-corrected chi connectivity index (χ1v) is 7.22. The number of nitrogens with one attached hydrogen (secondary N) is 1. The van der Waals surface area contributed by atoms with Crippen molar-refractivity contribution in [1.29, 1.82) is 0 Å². The fourth-order valence-corrected chi connectivity index (χ4v) is 2.67. The number of nitrogens with zero attached hydrogens (tertiary/aromatic N) is 1. The van der Waals surface area contributed by atoms with E-state index in [-0.39, 0.29) is 0 Å². The van der Waals surface area contributed by atoms with Crippen molar-refractivity contribution in [1.82, 2.24) is 10.2 Å². The molecule has 0 radical (unpaired) electrons. The van der Waals surface area contributed by atoms with Crippen LogP contribution in [0.25, 0.3) is 0 Å². The minimum Gasteiger partial charge on any atom is -0.307 e. The van der Waals surface area contributed by atoms with Crippen molar-refractivity contribution in [3.05, 3.63) is 35.4 Å². The summed E-state index contributed by atoms with van der Waals surface area (Å²) in [5.74, 6) is 0. The molecule has 0 aromatic heterocycles. The minimum absolute atomic E-state index is 0.462. The molecule has 0 spiro atoms. The molecular formula is C16H26N2. The summed E-state index contributed by atoms with van der Waals surface area (Å²) in [5.41, 5.74) is 2.83. The number of hydrogen-bond acceptors (Lipinski definition) is 2. The largest absolute Gasteiger partial charge is 0.307 e. The highest BCUT2D eigenvalue weighted by atomic mass is 15.1. The summed E-state index contributed by atoms with van der Waals surface area (Å²) in [7, 11) is 2.21. The second kappa shape index (κ2) is 6.35. The van der Waals surface area contributed by atoms with Gasteiger partial charge in [-0.15, -0.1) is 0 Å². The number of piperidine rings is 1. The van der Waals surface area contributed by atoms with E-state index in [9.17, 15) is 0 Å². The Morgan fingerprint density at radius 1 is 1.22 bits per heavy atom. The first-order chi connectivity index (χ1) is 8.69. The summed E-state index contributed by atoms with van der Waals surface area (Å²) in [6.45, 7) is 6.92. The highest BCUT2D eigenvalue weighted by Gasteiger charge is 2.18. The van der Waals surface area contributed by atoms with Gasteiger partial charge in [0.05, 0.1) is 0 Å². The molecule has 1 aliphatic heterocycles. The lowest BCUT2D eigenvalue weighted by Gasteiger charge is -2.31. The maximum atomic E-state index is 3.77. The van der Waals surface area contributed by atoms with Crippen LogP contribution >= 0.6 is 0 Å². The minimum atomic E-state index is 0.462. The lowest BCUT2D eigenvalue weighted by atomic mass is 10.0. The molecule has 1 atom stereocenters. The SMILES string of the molecule is CCc1ccc([C@H](C)NC2CCN(C)CC2)cc1. The Morgan fingerprint density at radius 3 is 2.39 bits per heavy atom. The van der Waals surface area contributed by atoms with Crippen LogP contribution in [0.3, 0.4) is 0 Å². The summed E-state index contributed by atoms with van der Waals surface area (Å²) >= 11 is 0. The standard InChI is InChI=1S/C16H26N2/c1-4-14-5-7-15(8-6-14)13(2)17-16-9-11-18(3)12-10-16/h5-8,13,16-17H,4,9-12H2,1-3H3/t13-/m0/s1. The summed E-state index contributed by atoms with van der Waals surface area (Å²) in [6, 6.07) is 10.2. The van der Waals surface area contributed by atoms with Gasteiger partial charge >= 0.3 is 0 Å².